The summed E-state index contributed by atoms with van der Waals surface area (Å²) in [6, 6.07) is 17.2. The molecule has 2 aromatic carbocycles. The van der Waals surface area contributed by atoms with E-state index in [9.17, 15) is 4.79 Å². The Balaban J connectivity index is 1.52. The van der Waals surface area contributed by atoms with E-state index in [1.165, 1.54) is 0 Å². The number of rotatable bonds is 5. The Morgan fingerprint density at radius 2 is 1.96 bits per heavy atom. The van der Waals surface area contributed by atoms with E-state index in [0.717, 1.165) is 37.8 Å². The summed E-state index contributed by atoms with van der Waals surface area (Å²) in [5.74, 6) is 0.690. The lowest BCUT2D eigenvalue weighted by atomic mass is 10.2. The monoisotopic (exact) mass is 389 g/mol. The second kappa shape index (κ2) is 7.78. The van der Waals surface area contributed by atoms with Crippen molar-refractivity contribution in [1.82, 2.24) is 15.3 Å². The number of nitrogens with one attached hydrogen (secondary N) is 1. The van der Waals surface area contributed by atoms with Crippen LogP contribution in [0.3, 0.4) is 0 Å². The zero-order valence-electron chi connectivity index (χ0n) is 15.6. The number of carbonyl (C=O) groups excluding carboxylic acids is 1. The van der Waals surface area contributed by atoms with Gasteiger partial charge in [0.2, 0.25) is 0 Å². The van der Waals surface area contributed by atoms with Crippen molar-refractivity contribution >= 4 is 27.5 Å². The number of thiazole rings is 1. The van der Waals surface area contributed by atoms with Crippen molar-refractivity contribution in [1.29, 1.82) is 0 Å². The van der Waals surface area contributed by atoms with Crippen molar-refractivity contribution in [3.05, 3.63) is 77.6 Å². The molecule has 0 saturated heterocycles. The van der Waals surface area contributed by atoms with Gasteiger partial charge in [0.1, 0.15) is 10.8 Å². The molecule has 0 aliphatic heterocycles. The molecular weight excluding hydrogens is 370 g/mol. The fourth-order valence-corrected chi connectivity index (χ4v) is 4.00. The third-order valence-corrected chi connectivity index (χ3v) is 5.55. The lowest BCUT2D eigenvalue weighted by molar-refractivity contribution is 0.0951. The van der Waals surface area contributed by atoms with Crippen LogP contribution in [0, 0.1) is 6.92 Å². The molecule has 0 radical (unpaired) electrons. The molecule has 0 bridgehead atoms. The van der Waals surface area contributed by atoms with Crippen LogP contribution in [0.15, 0.2) is 60.8 Å². The van der Waals surface area contributed by atoms with Crippen molar-refractivity contribution in [2.24, 2.45) is 0 Å². The van der Waals surface area contributed by atoms with E-state index in [4.69, 9.17) is 4.74 Å². The minimum Gasteiger partial charge on any atom is -0.497 e. The van der Waals surface area contributed by atoms with Gasteiger partial charge in [0.05, 0.1) is 17.3 Å². The van der Waals surface area contributed by atoms with Gasteiger partial charge in [0.25, 0.3) is 5.91 Å². The van der Waals surface area contributed by atoms with Gasteiger partial charge in [-0.2, -0.15) is 0 Å². The van der Waals surface area contributed by atoms with Gasteiger partial charge in [0, 0.05) is 29.6 Å². The van der Waals surface area contributed by atoms with Gasteiger partial charge in [-0.3, -0.25) is 9.78 Å². The molecule has 0 unspecified atom stereocenters. The number of carbonyl (C=O) groups is 1. The maximum absolute atomic E-state index is 12.6. The molecule has 140 valence electrons. The Labute approximate surface area is 167 Å². The highest BCUT2D eigenvalue weighted by atomic mass is 32.1. The Hall–Kier alpha value is -3.25. The average Bonchev–Trinajstić information content (AvgIpc) is 3.15. The standard InChI is InChI=1S/C22H19N3O2S/c1-14-18(4-3-11-23-14)22-25-19-10-7-16(12-20(19)28-22)21(26)24-13-15-5-8-17(27-2)9-6-15/h3-12H,13H2,1-2H3,(H,24,26). The lowest BCUT2D eigenvalue weighted by Crippen LogP contribution is -2.22. The van der Waals surface area contributed by atoms with Gasteiger partial charge >= 0.3 is 0 Å². The molecule has 0 atom stereocenters. The van der Waals surface area contributed by atoms with Crippen LogP contribution in [0.25, 0.3) is 20.8 Å². The molecular formula is C22H19N3O2S. The number of aryl methyl sites for hydroxylation is 1. The Morgan fingerprint density at radius 1 is 1.14 bits per heavy atom. The zero-order chi connectivity index (χ0) is 19.5. The average molecular weight is 389 g/mol. The van der Waals surface area contributed by atoms with E-state index in [0.29, 0.717) is 12.1 Å². The number of hydrogen-bond acceptors (Lipinski definition) is 5. The summed E-state index contributed by atoms with van der Waals surface area (Å²) >= 11 is 1.57. The van der Waals surface area contributed by atoms with E-state index in [-0.39, 0.29) is 5.91 Å². The van der Waals surface area contributed by atoms with Crippen molar-refractivity contribution in [2.75, 3.05) is 7.11 Å². The van der Waals surface area contributed by atoms with Gasteiger partial charge in [-0.15, -0.1) is 11.3 Å². The highest BCUT2D eigenvalue weighted by Crippen LogP contribution is 2.31. The van der Waals surface area contributed by atoms with Crippen LogP contribution < -0.4 is 10.1 Å². The number of fused-ring (bicyclic) bond motifs is 1. The number of pyridine rings is 1. The maximum atomic E-state index is 12.6. The molecule has 0 spiro atoms. The number of aromatic nitrogens is 2. The highest BCUT2D eigenvalue weighted by molar-refractivity contribution is 7.21. The number of amides is 1. The second-order valence-corrected chi connectivity index (χ2v) is 7.40. The van der Waals surface area contributed by atoms with Crippen LogP contribution in [0.5, 0.6) is 5.75 Å². The molecule has 2 heterocycles. The first kappa shape index (κ1) is 18.1. The summed E-state index contributed by atoms with van der Waals surface area (Å²) < 4.78 is 6.13. The smallest absolute Gasteiger partial charge is 0.251 e. The third kappa shape index (κ3) is 3.73. The van der Waals surface area contributed by atoms with Gasteiger partial charge < -0.3 is 10.1 Å². The maximum Gasteiger partial charge on any atom is 0.251 e. The van der Waals surface area contributed by atoms with Crippen LogP contribution in [0.4, 0.5) is 0 Å². The fourth-order valence-electron chi connectivity index (χ4n) is 2.92. The first-order chi connectivity index (χ1) is 13.6. The largest absolute Gasteiger partial charge is 0.497 e. The minimum atomic E-state index is -0.106. The van der Waals surface area contributed by atoms with Crippen LogP contribution in [-0.2, 0) is 6.54 Å². The fraction of sp³-hybridized carbons (Fsp3) is 0.136. The molecule has 0 fully saturated rings. The number of hydrogen-bond donors (Lipinski definition) is 1. The molecule has 2 aromatic heterocycles. The number of methoxy groups -OCH3 is 1. The Kier molecular flexibility index (Phi) is 5.04. The van der Waals surface area contributed by atoms with Crippen LogP contribution in [0.1, 0.15) is 21.6 Å². The van der Waals surface area contributed by atoms with Gasteiger partial charge in [-0.05, 0) is 55.0 Å². The lowest BCUT2D eigenvalue weighted by Gasteiger charge is -2.06. The van der Waals surface area contributed by atoms with E-state index in [1.54, 1.807) is 24.6 Å². The number of nitrogens with zero attached hydrogens (tertiary/aromatic N) is 2. The summed E-state index contributed by atoms with van der Waals surface area (Å²) in [5.41, 5.74) is 4.49. The summed E-state index contributed by atoms with van der Waals surface area (Å²) in [6.07, 6.45) is 1.78. The number of ether oxygens (including phenoxy) is 1. The third-order valence-electron chi connectivity index (χ3n) is 4.50. The van der Waals surface area contributed by atoms with E-state index >= 15 is 0 Å². The molecule has 1 amide bonds. The molecule has 0 aliphatic rings. The van der Waals surface area contributed by atoms with Crippen molar-refractivity contribution < 1.29 is 9.53 Å². The minimum absolute atomic E-state index is 0.106. The van der Waals surface area contributed by atoms with E-state index in [2.05, 4.69) is 15.3 Å². The van der Waals surface area contributed by atoms with Gasteiger partial charge in [-0.25, -0.2) is 4.98 Å². The molecule has 0 aliphatic carbocycles. The molecule has 0 saturated carbocycles. The van der Waals surface area contributed by atoms with Gasteiger partial charge in [0.15, 0.2) is 0 Å². The summed E-state index contributed by atoms with van der Waals surface area (Å²) in [5, 5.41) is 3.87. The predicted octanol–water partition coefficient (Wildman–Crippen LogP) is 4.61. The number of benzene rings is 2. The molecule has 4 rings (SSSR count). The Bertz CT molecular complexity index is 1140. The molecule has 5 nitrogen and oxygen atoms in total. The predicted molar refractivity (Wildman–Crippen MR) is 112 cm³/mol. The van der Waals surface area contributed by atoms with Crippen LogP contribution in [-0.4, -0.2) is 23.0 Å². The molecule has 6 heteroatoms. The highest BCUT2D eigenvalue weighted by Gasteiger charge is 2.12. The molecule has 4 aromatic rings. The zero-order valence-corrected chi connectivity index (χ0v) is 16.4. The summed E-state index contributed by atoms with van der Waals surface area (Å²) in [4.78, 5) is 21.6. The van der Waals surface area contributed by atoms with Crippen LogP contribution >= 0.6 is 11.3 Å². The summed E-state index contributed by atoms with van der Waals surface area (Å²) in [7, 11) is 1.63. The quantitative estimate of drug-likeness (QED) is 0.542. The van der Waals surface area contributed by atoms with Crippen LogP contribution in [0.2, 0.25) is 0 Å². The first-order valence-corrected chi connectivity index (χ1v) is 9.69. The topological polar surface area (TPSA) is 64.1 Å². The van der Waals surface area contributed by atoms with Crippen molar-refractivity contribution in [3.8, 4) is 16.3 Å². The summed E-state index contributed by atoms with van der Waals surface area (Å²) in [6.45, 7) is 2.43. The van der Waals surface area contributed by atoms with E-state index in [1.807, 2.05) is 61.5 Å². The normalized spacial score (nSPS) is 10.8. The van der Waals surface area contributed by atoms with Gasteiger partial charge in [-0.1, -0.05) is 12.1 Å². The first-order valence-electron chi connectivity index (χ1n) is 8.88. The second-order valence-electron chi connectivity index (χ2n) is 6.37. The SMILES string of the molecule is COc1ccc(CNC(=O)c2ccc3nc(-c4cccnc4C)sc3c2)cc1. The molecule has 28 heavy (non-hydrogen) atoms. The van der Waals surface area contributed by atoms with Crippen molar-refractivity contribution in [2.45, 2.75) is 13.5 Å². The molecule has 1 N–H and O–H groups in total. The van der Waals surface area contributed by atoms with Crippen molar-refractivity contribution in [3.63, 3.8) is 0 Å². The Morgan fingerprint density at radius 3 is 2.71 bits per heavy atom. The van der Waals surface area contributed by atoms with E-state index < -0.39 is 0 Å².